The molecule has 4 rings (SSSR count). The topological polar surface area (TPSA) is 60.4 Å². The lowest BCUT2D eigenvalue weighted by Gasteiger charge is -1.98. The summed E-state index contributed by atoms with van der Waals surface area (Å²) in [6, 6.07) is 11.6. The van der Waals surface area contributed by atoms with Gasteiger partial charge in [0, 0.05) is 21.9 Å². The number of Topliss-reactive ketones (excluding diaryl/α,β-unsaturated/α-hetero) is 2. The van der Waals surface area contributed by atoms with Crippen molar-refractivity contribution in [3.05, 3.63) is 70.2 Å². The monoisotopic (exact) mass is 374 g/mol. The van der Waals surface area contributed by atoms with Crippen LogP contribution in [-0.4, -0.2) is 11.6 Å². The number of carbonyl (C=O) groups excluding carboxylic acids is 2. The summed E-state index contributed by atoms with van der Waals surface area (Å²) >= 11 is 0. The molecule has 4 aromatic rings. The number of aryl methyl sites for hydroxylation is 4. The van der Waals surface area contributed by atoms with Crippen molar-refractivity contribution in [2.75, 3.05) is 0 Å². The van der Waals surface area contributed by atoms with Crippen molar-refractivity contribution in [1.29, 1.82) is 0 Å². The first-order valence-corrected chi connectivity index (χ1v) is 9.57. The molecule has 28 heavy (non-hydrogen) atoms. The van der Waals surface area contributed by atoms with Crippen LogP contribution in [0.1, 0.15) is 57.2 Å². The number of ketones is 2. The van der Waals surface area contributed by atoms with Gasteiger partial charge >= 0.3 is 0 Å². The number of furan rings is 2. The van der Waals surface area contributed by atoms with Gasteiger partial charge in [0.05, 0.1) is 0 Å². The number of carbonyl (C=O) groups is 2. The fourth-order valence-electron chi connectivity index (χ4n) is 3.62. The fraction of sp³-hybridized carbons (Fsp3) is 0.250. The van der Waals surface area contributed by atoms with Gasteiger partial charge in [-0.05, 0) is 62.1 Å². The average Bonchev–Trinajstić information content (AvgIpc) is 3.23. The number of fused-ring (bicyclic) bond motifs is 2. The van der Waals surface area contributed by atoms with E-state index < -0.39 is 11.6 Å². The molecule has 2 aromatic heterocycles. The minimum absolute atomic E-state index is 0.0855. The largest absolute Gasteiger partial charge is 0.452 e. The molecule has 0 saturated carbocycles. The molecule has 4 nitrogen and oxygen atoms in total. The Balaban J connectivity index is 1.77. The summed E-state index contributed by atoms with van der Waals surface area (Å²) in [5.41, 5.74) is 4.90. The van der Waals surface area contributed by atoms with Gasteiger partial charge < -0.3 is 8.83 Å². The minimum Gasteiger partial charge on any atom is -0.452 e. The molecule has 0 aliphatic carbocycles. The molecule has 0 bridgehead atoms. The highest BCUT2D eigenvalue weighted by Gasteiger charge is 2.29. The Labute approximate surface area is 163 Å². The third-order valence-corrected chi connectivity index (χ3v) is 5.44. The van der Waals surface area contributed by atoms with Crippen LogP contribution >= 0.6 is 0 Å². The third kappa shape index (κ3) is 2.76. The summed E-state index contributed by atoms with van der Waals surface area (Å²) < 4.78 is 11.5. The van der Waals surface area contributed by atoms with Crippen molar-refractivity contribution in [1.82, 2.24) is 0 Å². The van der Waals surface area contributed by atoms with Crippen molar-refractivity contribution < 1.29 is 18.4 Å². The lowest BCUT2D eigenvalue weighted by Crippen LogP contribution is -2.15. The maximum absolute atomic E-state index is 12.9. The molecule has 142 valence electrons. The van der Waals surface area contributed by atoms with E-state index in [1.54, 1.807) is 0 Å². The van der Waals surface area contributed by atoms with Crippen LogP contribution in [0.4, 0.5) is 0 Å². The Morgan fingerprint density at radius 2 is 1.11 bits per heavy atom. The molecule has 0 spiro atoms. The lowest BCUT2D eigenvalue weighted by molar-refractivity contribution is 0.0786. The summed E-state index contributed by atoms with van der Waals surface area (Å²) in [5, 5.41) is 1.73. The minimum atomic E-state index is -0.676. The lowest BCUT2D eigenvalue weighted by atomic mass is 10.0. The van der Waals surface area contributed by atoms with Crippen LogP contribution in [0.25, 0.3) is 21.9 Å². The van der Waals surface area contributed by atoms with Gasteiger partial charge in [-0.3, -0.25) is 9.59 Å². The number of hydrogen-bond donors (Lipinski definition) is 0. The zero-order valence-corrected chi connectivity index (χ0v) is 16.5. The molecule has 0 saturated heterocycles. The molecule has 0 fully saturated rings. The molecule has 4 heteroatoms. The Bertz CT molecular complexity index is 1140. The molecular formula is C24H22O4. The van der Waals surface area contributed by atoms with Gasteiger partial charge in [0.1, 0.15) is 11.2 Å². The smallest absolute Gasteiger partial charge is 0.272 e. The van der Waals surface area contributed by atoms with Crippen molar-refractivity contribution in [3.8, 4) is 0 Å². The number of hydrogen-bond acceptors (Lipinski definition) is 4. The quantitative estimate of drug-likeness (QED) is 0.318. The summed E-state index contributed by atoms with van der Waals surface area (Å²) in [4.78, 5) is 25.9. The molecular weight excluding hydrogens is 352 g/mol. The van der Waals surface area contributed by atoms with E-state index in [9.17, 15) is 9.59 Å². The van der Waals surface area contributed by atoms with Crippen LogP contribution in [0.5, 0.6) is 0 Å². The number of rotatable bonds is 5. The predicted octanol–water partition coefficient (Wildman–Crippen LogP) is 5.99. The van der Waals surface area contributed by atoms with E-state index in [0.29, 0.717) is 22.3 Å². The first-order chi connectivity index (χ1) is 13.4. The van der Waals surface area contributed by atoms with Gasteiger partial charge in [0.15, 0.2) is 11.5 Å². The van der Waals surface area contributed by atoms with Crippen molar-refractivity contribution in [3.63, 3.8) is 0 Å². The highest BCUT2D eigenvalue weighted by molar-refractivity contribution is 6.49. The average molecular weight is 374 g/mol. The van der Waals surface area contributed by atoms with Crippen LogP contribution in [-0.2, 0) is 12.8 Å². The van der Waals surface area contributed by atoms with Crippen LogP contribution in [0, 0.1) is 13.8 Å². The Kier molecular flexibility index (Phi) is 4.42. The molecule has 0 atom stereocenters. The van der Waals surface area contributed by atoms with E-state index in [4.69, 9.17) is 8.83 Å². The van der Waals surface area contributed by atoms with Gasteiger partial charge in [0.25, 0.3) is 11.6 Å². The van der Waals surface area contributed by atoms with Gasteiger partial charge in [-0.15, -0.1) is 0 Å². The summed E-state index contributed by atoms with van der Waals surface area (Å²) in [6.07, 6.45) is 1.78. The Morgan fingerprint density at radius 1 is 0.714 bits per heavy atom. The zero-order chi connectivity index (χ0) is 20.0. The molecule has 2 heterocycles. The highest BCUT2D eigenvalue weighted by atomic mass is 16.4. The summed E-state index contributed by atoms with van der Waals surface area (Å²) in [7, 11) is 0. The van der Waals surface area contributed by atoms with E-state index in [0.717, 1.165) is 34.7 Å². The summed E-state index contributed by atoms with van der Waals surface area (Å²) in [5.74, 6) is -1.18. The standard InChI is InChI=1S/C24H22O4/c1-5-15-7-9-19-17(11-15)13(3)23(27-19)21(25)22(26)24-14(4)18-12-16(6-2)8-10-20(18)28-24/h7-12H,5-6H2,1-4H3. The van der Waals surface area contributed by atoms with Gasteiger partial charge in [0.2, 0.25) is 0 Å². The van der Waals surface area contributed by atoms with Crippen LogP contribution < -0.4 is 0 Å². The van der Waals surface area contributed by atoms with E-state index >= 15 is 0 Å². The van der Waals surface area contributed by atoms with E-state index in [2.05, 4.69) is 13.8 Å². The third-order valence-electron chi connectivity index (χ3n) is 5.44. The van der Waals surface area contributed by atoms with Gasteiger partial charge in [-0.25, -0.2) is 0 Å². The molecule has 0 N–H and O–H groups in total. The molecule has 0 unspecified atom stereocenters. The molecule has 2 aromatic carbocycles. The van der Waals surface area contributed by atoms with Crippen LogP contribution in [0.3, 0.4) is 0 Å². The van der Waals surface area contributed by atoms with Crippen LogP contribution in [0.15, 0.2) is 45.2 Å². The predicted molar refractivity (Wildman–Crippen MR) is 109 cm³/mol. The van der Waals surface area contributed by atoms with Gasteiger partial charge in [-0.1, -0.05) is 26.0 Å². The normalized spacial score (nSPS) is 11.4. The second kappa shape index (κ2) is 6.79. The summed E-state index contributed by atoms with van der Waals surface area (Å²) in [6.45, 7) is 7.76. The Morgan fingerprint density at radius 3 is 1.46 bits per heavy atom. The zero-order valence-electron chi connectivity index (χ0n) is 16.5. The van der Waals surface area contributed by atoms with Crippen LogP contribution in [0.2, 0.25) is 0 Å². The fourth-order valence-corrected chi connectivity index (χ4v) is 3.62. The van der Waals surface area contributed by atoms with E-state index in [1.165, 1.54) is 0 Å². The second-order valence-corrected chi connectivity index (χ2v) is 7.14. The maximum Gasteiger partial charge on any atom is 0.272 e. The van der Waals surface area contributed by atoms with E-state index in [1.807, 2.05) is 50.2 Å². The highest BCUT2D eigenvalue weighted by Crippen LogP contribution is 2.30. The van der Waals surface area contributed by atoms with Crippen molar-refractivity contribution in [2.24, 2.45) is 0 Å². The molecule has 0 amide bonds. The second-order valence-electron chi connectivity index (χ2n) is 7.14. The van der Waals surface area contributed by atoms with Crippen molar-refractivity contribution in [2.45, 2.75) is 40.5 Å². The molecule has 0 aliphatic heterocycles. The molecule has 0 radical (unpaired) electrons. The first kappa shape index (κ1) is 18.2. The number of benzene rings is 2. The maximum atomic E-state index is 12.9. The SMILES string of the molecule is CCc1ccc2oc(C(=O)C(=O)c3oc4ccc(CC)cc4c3C)c(C)c2c1. The van der Waals surface area contributed by atoms with Gasteiger partial charge in [-0.2, -0.15) is 0 Å². The molecule has 0 aliphatic rings. The van der Waals surface area contributed by atoms with Crippen molar-refractivity contribution >= 4 is 33.5 Å². The first-order valence-electron chi connectivity index (χ1n) is 9.57. The Hall–Kier alpha value is -3.14. The van der Waals surface area contributed by atoms with E-state index in [-0.39, 0.29) is 11.5 Å².